The Kier molecular flexibility index (Phi) is 3.98. The van der Waals surface area contributed by atoms with Crippen LogP contribution in [0.15, 0.2) is 44.5 Å². The Bertz CT molecular complexity index is 770. The Morgan fingerprint density at radius 2 is 2.19 bits per heavy atom. The van der Waals surface area contributed by atoms with Crippen LogP contribution in [0.2, 0.25) is 0 Å². The van der Waals surface area contributed by atoms with E-state index in [9.17, 15) is 0 Å². The molecule has 0 saturated heterocycles. The number of halogens is 1. The molecule has 8 heteroatoms. The zero-order valence-corrected chi connectivity index (χ0v) is 13.6. The molecule has 1 aromatic carbocycles. The molecule has 0 radical (unpaired) electrons. The molecule has 0 saturated carbocycles. The molecule has 0 aliphatic carbocycles. The van der Waals surface area contributed by atoms with Crippen molar-refractivity contribution in [3.8, 4) is 11.4 Å². The first-order valence-corrected chi connectivity index (χ1v) is 7.93. The summed E-state index contributed by atoms with van der Waals surface area (Å²) in [5.41, 5.74) is 1.76. The van der Waals surface area contributed by atoms with Gasteiger partial charge < -0.3 is 10.4 Å². The molecular formula is C13H12BrN5OS. The minimum Gasteiger partial charge on any atom is -0.360 e. The predicted octanol–water partition coefficient (Wildman–Crippen LogP) is 3.01. The van der Waals surface area contributed by atoms with Crippen molar-refractivity contribution in [2.75, 3.05) is 5.84 Å². The highest BCUT2D eigenvalue weighted by molar-refractivity contribution is 9.10. The monoisotopic (exact) mass is 365 g/mol. The minimum absolute atomic E-state index is 0.606. The van der Waals surface area contributed by atoms with Crippen molar-refractivity contribution >= 4 is 27.7 Å². The van der Waals surface area contributed by atoms with E-state index in [1.165, 1.54) is 16.4 Å². The van der Waals surface area contributed by atoms with Crippen LogP contribution in [0.3, 0.4) is 0 Å². The van der Waals surface area contributed by atoms with Gasteiger partial charge in [-0.1, -0.05) is 45.0 Å². The average molecular weight is 366 g/mol. The van der Waals surface area contributed by atoms with Gasteiger partial charge in [-0.05, 0) is 19.1 Å². The Labute approximate surface area is 133 Å². The van der Waals surface area contributed by atoms with Crippen LogP contribution in [-0.4, -0.2) is 20.0 Å². The quantitative estimate of drug-likeness (QED) is 0.565. The number of hydrogen-bond donors (Lipinski definition) is 1. The molecule has 0 aliphatic rings. The molecule has 6 nitrogen and oxygen atoms in total. The molecule has 108 valence electrons. The molecule has 2 aromatic heterocycles. The second-order valence-electron chi connectivity index (χ2n) is 4.41. The van der Waals surface area contributed by atoms with Gasteiger partial charge in [0, 0.05) is 16.1 Å². The van der Waals surface area contributed by atoms with Crippen LogP contribution in [0.5, 0.6) is 0 Å². The lowest BCUT2D eigenvalue weighted by molar-refractivity contribution is 0.391. The maximum absolute atomic E-state index is 6.06. The third-order valence-corrected chi connectivity index (χ3v) is 4.23. The summed E-state index contributed by atoms with van der Waals surface area (Å²) in [5, 5.41) is 12.7. The molecule has 0 fully saturated rings. The van der Waals surface area contributed by atoms with Crippen molar-refractivity contribution in [1.82, 2.24) is 20.0 Å². The van der Waals surface area contributed by atoms with Crippen LogP contribution < -0.4 is 5.84 Å². The topological polar surface area (TPSA) is 82.8 Å². The van der Waals surface area contributed by atoms with Crippen molar-refractivity contribution in [3.05, 3.63) is 46.3 Å². The van der Waals surface area contributed by atoms with Gasteiger partial charge in [0.05, 0.1) is 11.4 Å². The molecule has 0 bridgehead atoms. The van der Waals surface area contributed by atoms with Crippen LogP contribution in [0.1, 0.15) is 11.5 Å². The Hall–Kier alpha value is -1.80. The lowest BCUT2D eigenvalue weighted by atomic mass is 10.2. The Balaban J connectivity index is 1.79. The lowest BCUT2D eigenvalue weighted by Gasteiger charge is -2.03. The third-order valence-electron chi connectivity index (χ3n) is 2.77. The summed E-state index contributed by atoms with van der Waals surface area (Å²) in [5.74, 6) is 8.07. The molecular weight excluding hydrogens is 354 g/mol. The van der Waals surface area contributed by atoms with Crippen molar-refractivity contribution < 1.29 is 4.52 Å². The molecule has 0 spiro atoms. The first kappa shape index (κ1) is 14.2. The number of nitrogens with zero attached hydrogens (tertiary/aromatic N) is 4. The summed E-state index contributed by atoms with van der Waals surface area (Å²) in [4.78, 5) is 0. The molecule has 0 unspecified atom stereocenters. The number of aryl methyl sites for hydroxylation is 1. The van der Waals surface area contributed by atoms with E-state index in [0.29, 0.717) is 16.7 Å². The molecule has 0 atom stereocenters. The second kappa shape index (κ2) is 5.90. The van der Waals surface area contributed by atoms with Crippen LogP contribution in [0.25, 0.3) is 11.4 Å². The minimum atomic E-state index is 0.606. The lowest BCUT2D eigenvalue weighted by Crippen LogP contribution is -2.11. The SMILES string of the molecule is Cc1cc(CSc2nnc(-c3cccc(Br)c3)n2N)on1. The molecule has 21 heavy (non-hydrogen) atoms. The Morgan fingerprint density at radius 1 is 1.33 bits per heavy atom. The number of thioether (sulfide) groups is 1. The van der Waals surface area contributed by atoms with E-state index in [0.717, 1.165) is 21.5 Å². The van der Waals surface area contributed by atoms with E-state index in [1.54, 1.807) is 0 Å². The number of benzene rings is 1. The maximum Gasteiger partial charge on any atom is 0.210 e. The summed E-state index contributed by atoms with van der Waals surface area (Å²) in [6, 6.07) is 9.65. The fourth-order valence-corrected chi connectivity index (χ4v) is 2.95. The Morgan fingerprint density at radius 3 is 2.90 bits per heavy atom. The van der Waals surface area contributed by atoms with Crippen molar-refractivity contribution in [1.29, 1.82) is 0 Å². The zero-order valence-electron chi connectivity index (χ0n) is 11.2. The molecule has 2 N–H and O–H groups in total. The first-order valence-electron chi connectivity index (χ1n) is 6.15. The largest absolute Gasteiger partial charge is 0.360 e. The fourth-order valence-electron chi connectivity index (χ4n) is 1.82. The fraction of sp³-hybridized carbons (Fsp3) is 0.154. The smallest absolute Gasteiger partial charge is 0.210 e. The highest BCUT2D eigenvalue weighted by Crippen LogP contribution is 2.25. The summed E-state index contributed by atoms with van der Waals surface area (Å²) in [6.07, 6.45) is 0. The van der Waals surface area contributed by atoms with E-state index >= 15 is 0 Å². The van der Waals surface area contributed by atoms with E-state index in [1.807, 2.05) is 37.3 Å². The van der Waals surface area contributed by atoms with Gasteiger partial charge >= 0.3 is 0 Å². The van der Waals surface area contributed by atoms with E-state index in [4.69, 9.17) is 10.4 Å². The van der Waals surface area contributed by atoms with Gasteiger partial charge in [-0.15, -0.1) is 10.2 Å². The van der Waals surface area contributed by atoms with Crippen LogP contribution in [0, 0.1) is 6.92 Å². The molecule has 3 rings (SSSR count). The summed E-state index contributed by atoms with van der Waals surface area (Å²) in [6.45, 7) is 1.88. The van der Waals surface area contributed by atoms with Gasteiger partial charge in [0.25, 0.3) is 0 Å². The van der Waals surface area contributed by atoms with E-state index < -0.39 is 0 Å². The average Bonchev–Trinajstić information content (AvgIpc) is 3.03. The summed E-state index contributed by atoms with van der Waals surface area (Å²) < 4.78 is 7.61. The highest BCUT2D eigenvalue weighted by atomic mass is 79.9. The normalized spacial score (nSPS) is 11.0. The molecule has 0 amide bonds. The van der Waals surface area contributed by atoms with Gasteiger partial charge in [-0.3, -0.25) is 0 Å². The zero-order chi connectivity index (χ0) is 14.8. The number of aromatic nitrogens is 4. The summed E-state index contributed by atoms with van der Waals surface area (Å²) in [7, 11) is 0. The van der Waals surface area contributed by atoms with E-state index in [-0.39, 0.29) is 0 Å². The number of nitrogens with two attached hydrogens (primary N) is 1. The molecule has 2 heterocycles. The van der Waals surface area contributed by atoms with Gasteiger partial charge in [-0.2, -0.15) is 0 Å². The van der Waals surface area contributed by atoms with Crippen LogP contribution in [0.4, 0.5) is 0 Å². The third kappa shape index (κ3) is 3.11. The first-order chi connectivity index (χ1) is 10.1. The van der Waals surface area contributed by atoms with Crippen LogP contribution >= 0.6 is 27.7 Å². The van der Waals surface area contributed by atoms with Crippen molar-refractivity contribution in [3.63, 3.8) is 0 Å². The maximum atomic E-state index is 6.06. The van der Waals surface area contributed by atoms with Crippen molar-refractivity contribution in [2.45, 2.75) is 17.8 Å². The standard InChI is InChI=1S/C13H12BrN5OS/c1-8-5-11(20-18-8)7-21-13-17-16-12(19(13)15)9-3-2-4-10(14)6-9/h2-6H,7,15H2,1H3. The molecule has 3 aromatic rings. The predicted molar refractivity (Wildman–Crippen MR) is 84.1 cm³/mol. The molecule has 0 aliphatic heterocycles. The summed E-state index contributed by atoms with van der Waals surface area (Å²) >= 11 is 4.88. The van der Waals surface area contributed by atoms with Gasteiger partial charge in [0.2, 0.25) is 5.16 Å². The number of rotatable bonds is 4. The van der Waals surface area contributed by atoms with Gasteiger partial charge in [0.1, 0.15) is 5.76 Å². The van der Waals surface area contributed by atoms with Crippen LogP contribution in [-0.2, 0) is 5.75 Å². The van der Waals surface area contributed by atoms with Gasteiger partial charge in [0.15, 0.2) is 5.82 Å². The highest BCUT2D eigenvalue weighted by Gasteiger charge is 2.13. The number of nitrogen functional groups attached to an aromatic ring is 1. The number of hydrogen-bond acceptors (Lipinski definition) is 6. The van der Waals surface area contributed by atoms with Gasteiger partial charge in [-0.25, -0.2) is 4.68 Å². The van der Waals surface area contributed by atoms with Crippen molar-refractivity contribution in [2.24, 2.45) is 0 Å². The second-order valence-corrected chi connectivity index (χ2v) is 6.27. The van der Waals surface area contributed by atoms with E-state index in [2.05, 4.69) is 31.3 Å².